The largest absolute Gasteiger partial charge is 0.469 e. The molecule has 8 heteroatoms. The number of rotatable bonds is 6. The second-order valence-corrected chi connectivity index (χ2v) is 7.08. The maximum atomic E-state index is 11.1. The summed E-state index contributed by atoms with van der Waals surface area (Å²) in [6, 6.07) is -0.225. The number of aromatic nitrogens is 1. The van der Waals surface area contributed by atoms with E-state index in [-0.39, 0.29) is 24.2 Å². The van der Waals surface area contributed by atoms with Crippen molar-refractivity contribution >= 4 is 32.3 Å². The third kappa shape index (κ3) is 5.46. The Kier molecular flexibility index (Phi) is 5.09. The molecular formula is C10H16N2O4S2. The quantitative estimate of drug-likeness (QED) is 0.777. The molecule has 0 saturated carbocycles. The van der Waals surface area contributed by atoms with Crippen molar-refractivity contribution in [3.05, 3.63) is 11.1 Å². The molecule has 0 bridgehead atoms. The summed E-state index contributed by atoms with van der Waals surface area (Å²) in [4.78, 5) is 15.2. The van der Waals surface area contributed by atoms with E-state index < -0.39 is 9.84 Å². The van der Waals surface area contributed by atoms with Crippen LogP contribution >= 0.6 is 11.3 Å². The Labute approximate surface area is 110 Å². The Hall–Kier alpha value is -1.15. The molecule has 0 spiro atoms. The summed E-state index contributed by atoms with van der Waals surface area (Å²) < 4.78 is 26.7. The van der Waals surface area contributed by atoms with Crippen molar-refractivity contribution in [3.8, 4) is 0 Å². The molecular weight excluding hydrogens is 276 g/mol. The molecule has 0 fully saturated rings. The molecule has 1 heterocycles. The van der Waals surface area contributed by atoms with Crippen LogP contribution in [0, 0.1) is 0 Å². The van der Waals surface area contributed by atoms with Gasteiger partial charge in [0, 0.05) is 17.7 Å². The average molecular weight is 292 g/mol. The van der Waals surface area contributed by atoms with Crippen LogP contribution in [0.5, 0.6) is 0 Å². The van der Waals surface area contributed by atoms with Gasteiger partial charge < -0.3 is 10.1 Å². The fourth-order valence-electron chi connectivity index (χ4n) is 1.38. The van der Waals surface area contributed by atoms with E-state index in [2.05, 4.69) is 15.0 Å². The smallest absolute Gasteiger partial charge is 0.311 e. The maximum Gasteiger partial charge on any atom is 0.311 e. The van der Waals surface area contributed by atoms with Gasteiger partial charge in [-0.25, -0.2) is 13.4 Å². The van der Waals surface area contributed by atoms with Gasteiger partial charge in [0.1, 0.15) is 9.84 Å². The van der Waals surface area contributed by atoms with Crippen molar-refractivity contribution in [2.75, 3.05) is 24.4 Å². The van der Waals surface area contributed by atoms with Crippen molar-refractivity contribution < 1.29 is 17.9 Å². The van der Waals surface area contributed by atoms with Crippen LogP contribution in [0.2, 0.25) is 0 Å². The number of thiazole rings is 1. The Bertz CT molecular complexity index is 510. The number of esters is 1. The lowest BCUT2D eigenvalue weighted by Crippen LogP contribution is -2.24. The predicted molar refractivity (Wildman–Crippen MR) is 70.6 cm³/mol. The molecule has 102 valence electrons. The lowest BCUT2D eigenvalue weighted by Gasteiger charge is -2.10. The van der Waals surface area contributed by atoms with Gasteiger partial charge in [-0.3, -0.25) is 4.79 Å². The first-order valence-electron chi connectivity index (χ1n) is 5.25. The summed E-state index contributed by atoms with van der Waals surface area (Å²) in [6.45, 7) is 1.77. The zero-order chi connectivity index (χ0) is 13.8. The van der Waals surface area contributed by atoms with Gasteiger partial charge >= 0.3 is 5.97 Å². The van der Waals surface area contributed by atoms with Crippen LogP contribution in [-0.4, -0.2) is 44.5 Å². The molecule has 0 saturated heterocycles. The summed E-state index contributed by atoms with van der Waals surface area (Å²) in [5.41, 5.74) is 0.612. The molecule has 1 rings (SSSR count). The van der Waals surface area contributed by atoms with E-state index in [1.54, 1.807) is 12.3 Å². The van der Waals surface area contributed by atoms with Gasteiger partial charge in [-0.2, -0.15) is 0 Å². The minimum Gasteiger partial charge on any atom is -0.469 e. The van der Waals surface area contributed by atoms with Gasteiger partial charge in [0.25, 0.3) is 0 Å². The number of sulfone groups is 1. The van der Waals surface area contributed by atoms with Crippen LogP contribution < -0.4 is 5.32 Å². The van der Waals surface area contributed by atoms with E-state index in [4.69, 9.17) is 0 Å². The summed E-state index contributed by atoms with van der Waals surface area (Å²) >= 11 is 1.33. The van der Waals surface area contributed by atoms with Crippen molar-refractivity contribution in [1.29, 1.82) is 0 Å². The molecule has 1 aromatic heterocycles. The van der Waals surface area contributed by atoms with E-state index >= 15 is 0 Å². The van der Waals surface area contributed by atoms with Crippen molar-refractivity contribution in [1.82, 2.24) is 4.98 Å². The minimum atomic E-state index is -3.02. The summed E-state index contributed by atoms with van der Waals surface area (Å²) in [6.07, 6.45) is 1.31. The lowest BCUT2D eigenvalue weighted by molar-refractivity contribution is -0.139. The van der Waals surface area contributed by atoms with Crippen LogP contribution in [0.25, 0.3) is 0 Å². The number of nitrogens with zero attached hydrogens (tertiary/aromatic N) is 1. The highest BCUT2D eigenvalue weighted by Gasteiger charge is 2.13. The highest BCUT2D eigenvalue weighted by Crippen LogP contribution is 2.17. The molecule has 1 unspecified atom stereocenters. The van der Waals surface area contributed by atoms with E-state index in [0.717, 1.165) is 0 Å². The predicted octanol–water partition coefficient (Wildman–Crippen LogP) is 0.704. The van der Waals surface area contributed by atoms with Crippen molar-refractivity contribution in [2.24, 2.45) is 0 Å². The van der Waals surface area contributed by atoms with Gasteiger partial charge in [0.15, 0.2) is 5.13 Å². The summed E-state index contributed by atoms with van der Waals surface area (Å²) in [5, 5.41) is 5.33. The Morgan fingerprint density at radius 2 is 2.28 bits per heavy atom. The fraction of sp³-hybridized carbons (Fsp3) is 0.600. The molecule has 0 aliphatic rings. The van der Waals surface area contributed by atoms with Crippen LogP contribution in [0.15, 0.2) is 5.38 Å². The molecule has 1 aromatic rings. The molecule has 0 amide bonds. The molecule has 1 atom stereocenters. The van der Waals surface area contributed by atoms with Crippen LogP contribution in [0.3, 0.4) is 0 Å². The SMILES string of the molecule is COC(=O)Cc1csc(NC(C)CS(C)(=O)=O)n1. The number of carbonyl (C=O) groups excluding carboxylic acids is 1. The Morgan fingerprint density at radius 1 is 1.61 bits per heavy atom. The standard InChI is InChI=1S/C10H16N2O4S2/c1-7(6-18(3,14)15)11-10-12-8(5-17-10)4-9(13)16-2/h5,7H,4,6H2,1-3H3,(H,11,12). The number of ether oxygens (including phenoxy) is 1. The zero-order valence-electron chi connectivity index (χ0n) is 10.5. The second kappa shape index (κ2) is 6.14. The number of nitrogens with one attached hydrogen (secondary N) is 1. The van der Waals surface area contributed by atoms with E-state index in [0.29, 0.717) is 10.8 Å². The van der Waals surface area contributed by atoms with Crippen LogP contribution in [0.1, 0.15) is 12.6 Å². The number of anilines is 1. The molecule has 0 aromatic carbocycles. The third-order valence-electron chi connectivity index (χ3n) is 2.03. The number of hydrogen-bond donors (Lipinski definition) is 1. The number of carbonyl (C=O) groups is 1. The van der Waals surface area contributed by atoms with Gasteiger partial charge in [0.2, 0.25) is 0 Å². The highest BCUT2D eigenvalue weighted by molar-refractivity contribution is 7.90. The third-order valence-corrected chi connectivity index (χ3v) is 3.96. The first-order chi connectivity index (χ1) is 8.30. The van der Waals surface area contributed by atoms with E-state index in [9.17, 15) is 13.2 Å². The van der Waals surface area contributed by atoms with Gasteiger partial charge in [-0.15, -0.1) is 11.3 Å². The minimum absolute atomic E-state index is 0.0406. The summed E-state index contributed by atoms with van der Waals surface area (Å²) in [5.74, 6) is -0.310. The highest BCUT2D eigenvalue weighted by atomic mass is 32.2. The van der Waals surface area contributed by atoms with Crippen molar-refractivity contribution in [2.45, 2.75) is 19.4 Å². The molecule has 1 N–H and O–H groups in total. The van der Waals surface area contributed by atoms with Gasteiger partial charge in [-0.05, 0) is 6.92 Å². The van der Waals surface area contributed by atoms with E-state index in [1.807, 2.05) is 0 Å². The Balaban J connectivity index is 2.56. The van der Waals surface area contributed by atoms with E-state index in [1.165, 1.54) is 24.7 Å². The molecule has 0 aliphatic heterocycles. The average Bonchev–Trinajstić information content (AvgIpc) is 2.62. The zero-order valence-corrected chi connectivity index (χ0v) is 12.1. The molecule has 0 aliphatic carbocycles. The number of hydrogen-bond acceptors (Lipinski definition) is 7. The number of methoxy groups -OCH3 is 1. The fourth-order valence-corrected chi connectivity index (χ4v) is 3.20. The van der Waals surface area contributed by atoms with Crippen LogP contribution in [0.4, 0.5) is 5.13 Å². The molecule has 0 radical (unpaired) electrons. The molecule has 6 nitrogen and oxygen atoms in total. The summed E-state index contributed by atoms with van der Waals surface area (Å²) in [7, 11) is -1.70. The Morgan fingerprint density at radius 3 is 2.83 bits per heavy atom. The normalized spacial score (nSPS) is 13.1. The lowest BCUT2D eigenvalue weighted by atomic mass is 10.3. The molecule has 18 heavy (non-hydrogen) atoms. The van der Waals surface area contributed by atoms with Crippen LogP contribution in [-0.2, 0) is 25.8 Å². The first-order valence-corrected chi connectivity index (χ1v) is 8.19. The maximum absolute atomic E-state index is 11.1. The van der Waals surface area contributed by atoms with Gasteiger partial charge in [0.05, 0.1) is 25.0 Å². The monoisotopic (exact) mass is 292 g/mol. The second-order valence-electron chi connectivity index (χ2n) is 4.03. The first kappa shape index (κ1) is 14.9. The topological polar surface area (TPSA) is 85.4 Å². The van der Waals surface area contributed by atoms with Gasteiger partial charge in [-0.1, -0.05) is 0 Å². The van der Waals surface area contributed by atoms with Crippen molar-refractivity contribution in [3.63, 3.8) is 0 Å².